The Morgan fingerprint density at radius 2 is 2.14 bits per heavy atom. The van der Waals surface area contributed by atoms with E-state index in [2.05, 4.69) is 25.8 Å². The van der Waals surface area contributed by atoms with Gasteiger partial charge in [-0.3, -0.25) is 4.79 Å². The molecule has 1 fully saturated rings. The number of amides is 1. The Balaban J connectivity index is 1.30. The summed E-state index contributed by atoms with van der Waals surface area (Å²) in [6.07, 6.45) is 4.04. The number of rotatable bonds is 7. The Morgan fingerprint density at radius 3 is 2.89 bits per heavy atom. The first-order chi connectivity index (χ1) is 13.8. The number of nitrogens with one attached hydrogen (secondary N) is 2. The average molecular weight is 379 g/mol. The van der Waals surface area contributed by atoms with Crippen molar-refractivity contribution in [1.29, 1.82) is 0 Å². The minimum absolute atomic E-state index is 0.0236. The molecule has 144 valence electrons. The highest BCUT2D eigenvalue weighted by Gasteiger charge is 2.21. The number of carbonyl (C=O) groups is 1. The molecule has 1 amide bonds. The van der Waals surface area contributed by atoms with Gasteiger partial charge in [0.05, 0.1) is 6.04 Å². The predicted octanol–water partition coefficient (Wildman–Crippen LogP) is 2.33. The number of aromatic nitrogens is 3. The van der Waals surface area contributed by atoms with E-state index in [9.17, 15) is 4.79 Å². The van der Waals surface area contributed by atoms with Gasteiger partial charge in [-0.1, -0.05) is 23.4 Å². The standard InChI is InChI=1S/C20H21N5O3/c26-20(16-7-4-11-21-16)22-12-10-18-24-19(25-28-18)14-8-9-17(23-13-14)27-15-5-2-1-3-6-15/h1-3,5-6,8-9,13,16,21H,4,7,10-12H2,(H,22,26). The molecular weight excluding hydrogens is 358 g/mol. The van der Waals surface area contributed by atoms with Crippen LogP contribution in [0.15, 0.2) is 53.2 Å². The quantitative estimate of drug-likeness (QED) is 0.649. The van der Waals surface area contributed by atoms with Gasteiger partial charge < -0.3 is 19.9 Å². The molecule has 1 aromatic carbocycles. The summed E-state index contributed by atoms with van der Waals surface area (Å²) in [5.41, 5.74) is 0.731. The van der Waals surface area contributed by atoms with Crippen molar-refractivity contribution in [2.45, 2.75) is 25.3 Å². The van der Waals surface area contributed by atoms with Crippen molar-refractivity contribution in [3.63, 3.8) is 0 Å². The predicted molar refractivity (Wildman–Crippen MR) is 102 cm³/mol. The summed E-state index contributed by atoms with van der Waals surface area (Å²) in [6.45, 7) is 1.36. The van der Waals surface area contributed by atoms with Gasteiger partial charge in [-0.25, -0.2) is 4.98 Å². The molecule has 1 unspecified atom stereocenters. The van der Waals surface area contributed by atoms with E-state index < -0.39 is 0 Å². The molecule has 8 nitrogen and oxygen atoms in total. The Kier molecular flexibility index (Phi) is 5.58. The lowest BCUT2D eigenvalue weighted by Gasteiger charge is -2.09. The van der Waals surface area contributed by atoms with Gasteiger partial charge in [0.25, 0.3) is 0 Å². The summed E-state index contributed by atoms with van der Waals surface area (Å²) in [5.74, 6) is 2.16. The van der Waals surface area contributed by atoms with Crippen LogP contribution < -0.4 is 15.4 Å². The smallest absolute Gasteiger partial charge is 0.237 e. The zero-order valence-corrected chi connectivity index (χ0v) is 15.3. The fourth-order valence-corrected chi connectivity index (χ4v) is 2.98. The molecule has 3 aromatic rings. The van der Waals surface area contributed by atoms with Gasteiger partial charge in [0, 0.05) is 30.8 Å². The van der Waals surface area contributed by atoms with Crippen LogP contribution in [0.2, 0.25) is 0 Å². The maximum Gasteiger partial charge on any atom is 0.237 e. The average Bonchev–Trinajstić information content (AvgIpc) is 3.42. The van der Waals surface area contributed by atoms with Gasteiger partial charge in [0.2, 0.25) is 23.5 Å². The topological polar surface area (TPSA) is 102 Å². The number of para-hydroxylation sites is 1. The number of benzene rings is 1. The first kappa shape index (κ1) is 18.1. The molecule has 3 heterocycles. The van der Waals surface area contributed by atoms with Gasteiger partial charge >= 0.3 is 0 Å². The maximum atomic E-state index is 12.0. The lowest BCUT2D eigenvalue weighted by molar-refractivity contribution is -0.122. The molecule has 1 saturated heterocycles. The molecule has 0 bridgehead atoms. The van der Waals surface area contributed by atoms with Crippen molar-refractivity contribution in [2.24, 2.45) is 0 Å². The molecule has 2 aromatic heterocycles. The summed E-state index contributed by atoms with van der Waals surface area (Å²) >= 11 is 0. The van der Waals surface area contributed by atoms with Gasteiger partial charge in [-0.15, -0.1) is 0 Å². The van der Waals surface area contributed by atoms with E-state index in [1.165, 1.54) is 0 Å². The van der Waals surface area contributed by atoms with E-state index in [1.54, 1.807) is 12.3 Å². The highest BCUT2D eigenvalue weighted by Crippen LogP contribution is 2.21. The molecular formula is C20H21N5O3. The Labute approximate surface area is 162 Å². The molecule has 0 saturated carbocycles. The third-order valence-electron chi connectivity index (χ3n) is 4.44. The second-order valence-electron chi connectivity index (χ2n) is 6.50. The molecule has 1 aliphatic heterocycles. The van der Waals surface area contributed by atoms with Crippen LogP contribution in [0.4, 0.5) is 0 Å². The number of nitrogens with zero attached hydrogens (tertiary/aromatic N) is 3. The van der Waals surface area contributed by atoms with Gasteiger partial charge in [0.15, 0.2) is 0 Å². The van der Waals surface area contributed by atoms with Crippen molar-refractivity contribution in [2.75, 3.05) is 13.1 Å². The molecule has 1 aliphatic rings. The van der Waals surface area contributed by atoms with Crippen LogP contribution in [-0.4, -0.2) is 40.2 Å². The second kappa shape index (κ2) is 8.62. The monoisotopic (exact) mass is 379 g/mol. The Morgan fingerprint density at radius 1 is 1.25 bits per heavy atom. The molecule has 8 heteroatoms. The second-order valence-corrected chi connectivity index (χ2v) is 6.50. The van der Waals surface area contributed by atoms with Crippen LogP contribution in [0, 0.1) is 0 Å². The Hall–Kier alpha value is -3.26. The van der Waals surface area contributed by atoms with Crippen LogP contribution in [0.25, 0.3) is 11.4 Å². The fraction of sp³-hybridized carbons (Fsp3) is 0.300. The molecule has 0 aliphatic carbocycles. The van der Waals surface area contributed by atoms with E-state index in [0.29, 0.717) is 30.6 Å². The SMILES string of the molecule is O=C(NCCc1nc(-c2ccc(Oc3ccccc3)nc2)no1)C1CCCN1. The van der Waals surface area contributed by atoms with E-state index in [-0.39, 0.29) is 11.9 Å². The van der Waals surface area contributed by atoms with Crippen molar-refractivity contribution in [3.8, 4) is 23.0 Å². The molecule has 2 N–H and O–H groups in total. The van der Waals surface area contributed by atoms with Crippen molar-refractivity contribution >= 4 is 5.91 Å². The Bertz CT molecular complexity index is 905. The van der Waals surface area contributed by atoms with E-state index in [0.717, 1.165) is 30.7 Å². The number of hydrogen-bond donors (Lipinski definition) is 2. The molecule has 0 spiro atoms. The molecule has 1 atom stereocenters. The zero-order valence-electron chi connectivity index (χ0n) is 15.3. The van der Waals surface area contributed by atoms with Crippen LogP contribution in [0.5, 0.6) is 11.6 Å². The third-order valence-corrected chi connectivity index (χ3v) is 4.44. The lowest BCUT2D eigenvalue weighted by atomic mass is 10.2. The number of hydrogen-bond acceptors (Lipinski definition) is 7. The van der Waals surface area contributed by atoms with Gasteiger partial charge in [-0.05, 0) is 37.6 Å². The molecule has 4 rings (SSSR count). The highest BCUT2D eigenvalue weighted by molar-refractivity contribution is 5.81. The summed E-state index contributed by atoms with van der Waals surface area (Å²) in [7, 11) is 0. The minimum Gasteiger partial charge on any atom is -0.439 e. The molecule has 0 radical (unpaired) electrons. The number of pyridine rings is 1. The van der Waals surface area contributed by atoms with Crippen molar-refractivity contribution in [3.05, 3.63) is 54.6 Å². The van der Waals surface area contributed by atoms with Crippen molar-refractivity contribution < 1.29 is 14.1 Å². The fourth-order valence-electron chi connectivity index (χ4n) is 2.98. The van der Waals surface area contributed by atoms with Crippen LogP contribution >= 0.6 is 0 Å². The van der Waals surface area contributed by atoms with Crippen LogP contribution in [0.3, 0.4) is 0 Å². The van der Waals surface area contributed by atoms with Gasteiger partial charge in [0.1, 0.15) is 5.75 Å². The van der Waals surface area contributed by atoms with E-state index in [4.69, 9.17) is 9.26 Å². The zero-order chi connectivity index (χ0) is 19.2. The molecule has 28 heavy (non-hydrogen) atoms. The summed E-state index contributed by atoms with van der Waals surface area (Å²) in [5, 5.41) is 10.0. The third kappa shape index (κ3) is 4.52. The van der Waals surface area contributed by atoms with Crippen LogP contribution in [0.1, 0.15) is 18.7 Å². The van der Waals surface area contributed by atoms with E-state index in [1.807, 2.05) is 36.4 Å². The van der Waals surface area contributed by atoms with Crippen LogP contribution in [-0.2, 0) is 11.2 Å². The summed E-state index contributed by atoms with van der Waals surface area (Å²) < 4.78 is 10.9. The lowest BCUT2D eigenvalue weighted by Crippen LogP contribution is -2.41. The first-order valence-electron chi connectivity index (χ1n) is 9.31. The first-order valence-corrected chi connectivity index (χ1v) is 9.31. The van der Waals surface area contributed by atoms with Gasteiger partial charge in [-0.2, -0.15) is 4.98 Å². The highest BCUT2D eigenvalue weighted by atomic mass is 16.5. The minimum atomic E-state index is -0.0825. The number of ether oxygens (including phenoxy) is 1. The normalized spacial score (nSPS) is 16.1. The summed E-state index contributed by atoms with van der Waals surface area (Å²) in [6, 6.07) is 13.0. The number of carbonyl (C=O) groups excluding carboxylic acids is 1. The van der Waals surface area contributed by atoms with Crippen molar-refractivity contribution in [1.82, 2.24) is 25.8 Å². The largest absolute Gasteiger partial charge is 0.439 e. The maximum absolute atomic E-state index is 12.0. The van der Waals surface area contributed by atoms with E-state index >= 15 is 0 Å². The summed E-state index contributed by atoms with van der Waals surface area (Å²) in [4.78, 5) is 20.6.